The van der Waals surface area contributed by atoms with Gasteiger partial charge in [-0.3, -0.25) is 4.72 Å². The van der Waals surface area contributed by atoms with Gasteiger partial charge in [0.15, 0.2) is 11.5 Å². The number of carbonyl (C=O) groups is 1. The number of aromatic carboxylic acids is 1. The largest absolute Gasteiger partial charge is 0.497 e. The van der Waals surface area contributed by atoms with Gasteiger partial charge in [0.1, 0.15) is 30.4 Å². The molecule has 2 aromatic carbocycles. The van der Waals surface area contributed by atoms with Gasteiger partial charge in [-0.15, -0.1) is 0 Å². The molecule has 0 spiro atoms. The van der Waals surface area contributed by atoms with Crippen LogP contribution in [0, 0.1) is 0 Å². The maximum atomic E-state index is 12.8. The maximum Gasteiger partial charge on any atom is 0.338 e. The highest BCUT2D eigenvalue weighted by Gasteiger charge is 2.25. The van der Waals surface area contributed by atoms with Crippen LogP contribution >= 0.6 is 0 Å². The Balaban J connectivity index is 2.04. The molecule has 1 aliphatic rings. The molecule has 9 nitrogen and oxygen atoms in total. The molecule has 0 atom stereocenters. The van der Waals surface area contributed by atoms with E-state index < -0.39 is 16.0 Å². The van der Waals surface area contributed by atoms with Gasteiger partial charge in [-0.1, -0.05) is 0 Å². The summed E-state index contributed by atoms with van der Waals surface area (Å²) in [6.45, 7) is 0.682. The van der Waals surface area contributed by atoms with E-state index in [9.17, 15) is 18.3 Å². The number of carboxylic acid groups (broad SMARTS) is 1. The van der Waals surface area contributed by atoms with Crippen molar-refractivity contribution in [3.05, 3.63) is 35.9 Å². The predicted octanol–water partition coefficient (Wildman–Crippen LogP) is 1.97. The average molecular weight is 395 g/mol. The lowest BCUT2D eigenvalue weighted by molar-refractivity contribution is 0.0697. The van der Waals surface area contributed by atoms with E-state index in [0.717, 1.165) is 0 Å². The van der Waals surface area contributed by atoms with E-state index >= 15 is 0 Å². The van der Waals surface area contributed by atoms with Crippen LogP contribution in [0.3, 0.4) is 0 Å². The van der Waals surface area contributed by atoms with E-state index in [-0.39, 0.29) is 27.6 Å². The minimum Gasteiger partial charge on any atom is -0.497 e. The van der Waals surface area contributed by atoms with Crippen molar-refractivity contribution in [2.24, 2.45) is 0 Å². The molecule has 0 saturated carbocycles. The Kier molecular flexibility index (Phi) is 5.00. The first-order valence-electron chi connectivity index (χ1n) is 7.77. The molecule has 144 valence electrons. The maximum absolute atomic E-state index is 12.8. The molecular formula is C17H17NO8S. The molecule has 0 radical (unpaired) electrons. The zero-order valence-corrected chi connectivity index (χ0v) is 15.3. The molecule has 2 aromatic rings. The average Bonchev–Trinajstić information content (AvgIpc) is 2.67. The first kappa shape index (κ1) is 18.6. The van der Waals surface area contributed by atoms with Crippen molar-refractivity contribution in [3.8, 4) is 23.0 Å². The second-order valence-corrected chi connectivity index (χ2v) is 7.15. The number of ether oxygens (including phenoxy) is 4. The molecule has 1 aliphatic heterocycles. The summed E-state index contributed by atoms with van der Waals surface area (Å²) in [7, 11) is -1.47. The number of hydrogen-bond acceptors (Lipinski definition) is 7. The summed E-state index contributed by atoms with van der Waals surface area (Å²) in [5.41, 5.74) is -0.520. The van der Waals surface area contributed by atoms with E-state index in [1.807, 2.05) is 0 Å². The van der Waals surface area contributed by atoms with Crippen LogP contribution < -0.4 is 23.7 Å². The fraction of sp³-hybridized carbons (Fsp3) is 0.235. The monoisotopic (exact) mass is 395 g/mol. The Morgan fingerprint density at radius 1 is 1.07 bits per heavy atom. The molecule has 0 amide bonds. The lowest BCUT2D eigenvalue weighted by atomic mass is 10.1. The van der Waals surface area contributed by atoms with Crippen LogP contribution in [0.2, 0.25) is 0 Å². The lowest BCUT2D eigenvalue weighted by Gasteiger charge is -2.19. The van der Waals surface area contributed by atoms with Gasteiger partial charge < -0.3 is 24.1 Å². The molecule has 0 unspecified atom stereocenters. The standard InChI is InChI=1S/C17H17NO8S/c1-23-10-7-12(17(19)20)16(15(8-10)24-2)18-27(21,22)11-3-4-13-14(9-11)26-6-5-25-13/h3-4,7-9,18H,5-6H2,1-2H3,(H,19,20). The summed E-state index contributed by atoms with van der Waals surface area (Å²) >= 11 is 0. The van der Waals surface area contributed by atoms with Gasteiger partial charge in [0.25, 0.3) is 10.0 Å². The number of methoxy groups -OCH3 is 2. The number of nitrogens with one attached hydrogen (secondary N) is 1. The first-order chi connectivity index (χ1) is 12.9. The summed E-state index contributed by atoms with van der Waals surface area (Å²) in [4.78, 5) is 11.5. The van der Waals surface area contributed by atoms with E-state index in [0.29, 0.717) is 24.7 Å². The molecule has 0 bridgehead atoms. The lowest BCUT2D eigenvalue weighted by Crippen LogP contribution is -2.18. The zero-order valence-electron chi connectivity index (χ0n) is 14.5. The summed E-state index contributed by atoms with van der Waals surface area (Å²) < 4.78 is 48.8. The van der Waals surface area contributed by atoms with Gasteiger partial charge in [0, 0.05) is 12.1 Å². The van der Waals surface area contributed by atoms with Gasteiger partial charge in [-0.2, -0.15) is 0 Å². The van der Waals surface area contributed by atoms with Crippen LogP contribution in [-0.4, -0.2) is 46.9 Å². The van der Waals surface area contributed by atoms with E-state index in [1.54, 1.807) is 0 Å². The normalized spacial score (nSPS) is 13.0. The highest BCUT2D eigenvalue weighted by molar-refractivity contribution is 7.92. The van der Waals surface area contributed by atoms with Crippen molar-refractivity contribution in [1.29, 1.82) is 0 Å². The second kappa shape index (κ2) is 7.23. The highest BCUT2D eigenvalue weighted by atomic mass is 32.2. The van der Waals surface area contributed by atoms with Crippen LogP contribution in [0.5, 0.6) is 23.0 Å². The number of hydrogen-bond donors (Lipinski definition) is 2. The minimum atomic E-state index is -4.12. The quantitative estimate of drug-likeness (QED) is 0.762. The van der Waals surface area contributed by atoms with Crippen LogP contribution in [0.4, 0.5) is 5.69 Å². The van der Waals surface area contributed by atoms with Crippen molar-refractivity contribution < 1.29 is 37.3 Å². The van der Waals surface area contributed by atoms with Crippen LogP contribution in [0.1, 0.15) is 10.4 Å². The molecular weight excluding hydrogens is 378 g/mol. The number of sulfonamides is 1. The molecule has 0 aliphatic carbocycles. The third-order valence-corrected chi connectivity index (χ3v) is 5.17. The molecule has 10 heteroatoms. The van der Waals surface area contributed by atoms with Crippen LogP contribution in [0.15, 0.2) is 35.2 Å². The van der Waals surface area contributed by atoms with Gasteiger partial charge in [0.2, 0.25) is 0 Å². The number of benzene rings is 2. The van der Waals surface area contributed by atoms with Gasteiger partial charge >= 0.3 is 5.97 Å². The van der Waals surface area contributed by atoms with Crippen molar-refractivity contribution in [3.63, 3.8) is 0 Å². The molecule has 1 heterocycles. The molecule has 27 heavy (non-hydrogen) atoms. The van der Waals surface area contributed by atoms with Crippen molar-refractivity contribution in [2.75, 3.05) is 32.2 Å². The minimum absolute atomic E-state index is 0.00729. The topological polar surface area (TPSA) is 120 Å². The molecule has 2 N–H and O–H groups in total. The molecule has 0 fully saturated rings. The summed E-state index contributed by atoms with van der Waals surface area (Å²) in [5, 5.41) is 9.45. The third kappa shape index (κ3) is 3.70. The van der Waals surface area contributed by atoms with E-state index in [2.05, 4.69) is 4.72 Å². The Bertz CT molecular complexity index is 987. The molecule has 0 saturated heterocycles. The fourth-order valence-electron chi connectivity index (χ4n) is 2.53. The zero-order chi connectivity index (χ0) is 19.6. The summed E-state index contributed by atoms with van der Waals surface area (Å²) in [6.07, 6.45) is 0. The van der Waals surface area contributed by atoms with E-state index in [1.165, 1.54) is 44.6 Å². The van der Waals surface area contributed by atoms with Crippen LogP contribution in [-0.2, 0) is 10.0 Å². The van der Waals surface area contributed by atoms with Gasteiger partial charge in [0.05, 0.1) is 24.7 Å². The second-order valence-electron chi connectivity index (χ2n) is 5.47. The number of anilines is 1. The Morgan fingerprint density at radius 3 is 2.41 bits per heavy atom. The number of carboxylic acids is 1. The number of rotatable bonds is 6. The Labute approximate surface area is 155 Å². The number of fused-ring (bicyclic) bond motifs is 1. The third-order valence-electron chi connectivity index (χ3n) is 3.82. The Morgan fingerprint density at radius 2 is 1.78 bits per heavy atom. The molecule has 3 rings (SSSR count). The van der Waals surface area contributed by atoms with Crippen molar-refractivity contribution in [2.45, 2.75) is 4.90 Å². The predicted molar refractivity (Wildman–Crippen MR) is 94.7 cm³/mol. The highest BCUT2D eigenvalue weighted by Crippen LogP contribution is 2.37. The first-order valence-corrected chi connectivity index (χ1v) is 9.26. The summed E-state index contributed by atoms with van der Waals surface area (Å²) in [5.74, 6) is -0.385. The fourth-order valence-corrected chi connectivity index (χ4v) is 3.63. The Hall–Kier alpha value is -3.14. The summed E-state index contributed by atoms with van der Waals surface area (Å²) in [6, 6.07) is 6.71. The van der Waals surface area contributed by atoms with Crippen molar-refractivity contribution >= 4 is 21.7 Å². The van der Waals surface area contributed by atoms with E-state index in [4.69, 9.17) is 18.9 Å². The van der Waals surface area contributed by atoms with Crippen LogP contribution in [0.25, 0.3) is 0 Å². The SMILES string of the molecule is COc1cc(OC)c(NS(=O)(=O)c2ccc3c(c2)OCCO3)c(C(=O)O)c1. The van der Waals surface area contributed by atoms with Gasteiger partial charge in [-0.05, 0) is 18.2 Å². The molecule has 0 aromatic heterocycles. The van der Waals surface area contributed by atoms with Crippen molar-refractivity contribution in [1.82, 2.24) is 0 Å². The smallest absolute Gasteiger partial charge is 0.338 e. The van der Waals surface area contributed by atoms with Gasteiger partial charge in [-0.25, -0.2) is 13.2 Å².